The predicted octanol–water partition coefficient (Wildman–Crippen LogP) is 2.81. The topological polar surface area (TPSA) is 77.2 Å². The lowest BCUT2D eigenvalue weighted by molar-refractivity contribution is 0.0968. The van der Waals surface area contributed by atoms with Gasteiger partial charge in [0.15, 0.2) is 5.78 Å². The summed E-state index contributed by atoms with van der Waals surface area (Å²) in [5.74, 6) is 0.474. The Hall–Kier alpha value is -3.28. The van der Waals surface area contributed by atoms with Crippen LogP contribution in [0, 0.1) is 5.92 Å². The molecule has 6 heteroatoms. The molecule has 3 rings (SSSR count). The first-order chi connectivity index (χ1) is 12.1. The number of rotatable bonds is 5. The lowest BCUT2D eigenvalue weighted by Gasteiger charge is -2.23. The molecule has 1 aliphatic heterocycles. The van der Waals surface area contributed by atoms with Crippen molar-refractivity contribution in [1.82, 2.24) is 0 Å². The molecule has 2 aromatic carbocycles. The third kappa shape index (κ3) is 3.33. The maximum absolute atomic E-state index is 12.9. The maximum Gasteiger partial charge on any atom is 0.181 e. The molecule has 25 heavy (non-hydrogen) atoms. The lowest BCUT2D eigenvalue weighted by atomic mass is 9.95. The van der Waals surface area contributed by atoms with Crippen LogP contribution < -0.4 is 20.2 Å². The molecule has 6 nitrogen and oxygen atoms in total. The summed E-state index contributed by atoms with van der Waals surface area (Å²) in [5, 5.41) is 5.97. The molecule has 0 fully saturated rings. The van der Waals surface area contributed by atoms with E-state index in [-0.39, 0.29) is 11.6 Å². The number of hydrazone groups is 1. The van der Waals surface area contributed by atoms with E-state index in [1.165, 1.54) is 7.11 Å². The van der Waals surface area contributed by atoms with E-state index in [1.54, 1.807) is 42.6 Å². The highest BCUT2D eigenvalue weighted by atomic mass is 16.5. The van der Waals surface area contributed by atoms with Crippen LogP contribution in [0.25, 0.3) is 0 Å². The Bertz CT molecular complexity index is 831. The van der Waals surface area contributed by atoms with Gasteiger partial charge in [-0.25, -0.2) is 5.01 Å². The van der Waals surface area contributed by atoms with Crippen LogP contribution in [0.2, 0.25) is 0 Å². The number of para-hydroxylation sites is 1. The van der Waals surface area contributed by atoms with Gasteiger partial charge in [-0.1, -0.05) is 18.2 Å². The van der Waals surface area contributed by atoms with Crippen LogP contribution in [0.3, 0.4) is 0 Å². The molecule has 1 atom stereocenters. The van der Waals surface area contributed by atoms with Gasteiger partial charge in [0, 0.05) is 12.3 Å². The molecule has 0 saturated carbocycles. The first-order valence-corrected chi connectivity index (χ1v) is 7.77. The van der Waals surface area contributed by atoms with Crippen LogP contribution in [0.5, 0.6) is 11.5 Å². The summed E-state index contributed by atoms with van der Waals surface area (Å²) in [6.45, 7) is 0. The summed E-state index contributed by atoms with van der Waals surface area (Å²) < 4.78 is 10.5. The number of anilines is 1. The van der Waals surface area contributed by atoms with E-state index in [0.29, 0.717) is 17.1 Å². The Morgan fingerprint density at radius 3 is 2.52 bits per heavy atom. The number of ketones is 1. The Kier molecular flexibility index (Phi) is 4.70. The molecule has 0 bridgehead atoms. The Labute approximate surface area is 146 Å². The van der Waals surface area contributed by atoms with Crippen LogP contribution in [0.4, 0.5) is 5.69 Å². The molecule has 1 heterocycles. The summed E-state index contributed by atoms with van der Waals surface area (Å²) in [7, 11) is 3.07. The van der Waals surface area contributed by atoms with E-state index in [1.807, 2.05) is 30.3 Å². The molecule has 0 radical (unpaired) electrons. The molecular weight excluding hydrogens is 318 g/mol. The highest BCUT2D eigenvalue weighted by Gasteiger charge is 2.27. The van der Waals surface area contributed by atoms with E-state index in [4.69, 9.17) is 15.2 Å². The number of methoxy groups -OCH3 is 2. The number of hydrogen-bond acceptors (Lipinski definition) is 6. The molecular formula is C19H19N3O3. The Morgan fingerprint density at radius 1 is 1.12 bits per heavy atom. The number of amidine groups is 1. The summed E-state index contributed by atoms with van der Waals surface area (Å²) in [4.78, 5) is 12.9. The summed E-state index contributed by atoms with van der Waals surface area (Å²) >= 11 is 0. The molecule has 128 valence electrons. The minimum absolute atomic E-state index is 0.176. The SMILES string of the molecule is COc1ccc(C(=O)C2C=CN(c3ccccc3)N=C2N)c(OC)c1. The fourth-order valence-electron chi connectivity index (χ4n) is 2.60. The van der Waals surface area contributed by atoms with Gasteiger partial charge >= 0.3 is 0 Å². The van der Waals surface area contributed by atoms with Gasteiger partial charge in [-0.15, -0.1) is 0 Å². The zero-order valence-corrected chi connectivity index (χ0v) is 14.0. The maximum atomic E-state index is 12.9. The second kappa shape index (κ2) is 7.09. The summed E-state index contributed by atoms with van der Waals surface area (Å²) in [5.41, 5.74) is 7.37. The number of ether oxygens (including phenoxy) is 2. The van der Waals surface area contributed by atoms with Gasteiger partial charge in [0.25, 0.3) is 0 Å². The highest BCUT2D eigenvalue weighted by Crippen LogP contribution is 2.28. The van der Waals surface area contributed by atoms with Crippen LogP contribution in [-0.4, -0.2) is 25.8 Å². The first-order valence-electron chi connectivity index (χ1n) is 7.77. The normalized spacial score (nSPS) is 16.3. The van der Waals surface area contributed by atoms with Crippen molar-refractivity contribution in [2.75, 3.05) is 19.2 Å². The lowest BCUT2D eigenvalue weighted by Crippen LogP contribution is -2.35. The second-order valence-electron chi connectivity index (χ2n) is 5.45. The minimum atomic E-state index is -0.637. The van der Waals surface area contributed by atoms with Crippen molar-refractivity contribution in [1.29, 1.82) is 0 Å². The molecule has 0 spiro atoms. The van der Waals surface area contributed by atoms with Gasteiger partial charge in [0.2, 0.25) is 0 Å². The van der Waals surface area contributed by atoms with E-state index in [0.717, 1.165) is 5.69 Å². The van der Waals surface area contributed by atoms with Crippen molar-refractivity contribution < 1.29 is 14.3 Å². The van der Waals surface area contributed by atoms with Gasteiger partial charge in [-0.2, -0.15) is 5.10 Å². The molecule has 0 aromatic heterocycles. The second-order valence-corrected chi connectivity index (χ2v) is 5.45. The standard InChI is InChI=1S/C19H19N3O3/c1-24-14-8-9-15(17(12-14)25-2)18(23)16-10-11-22(21-19(16)20)13-6-4-3-5-7-13/h3-12,16H,1-2H3,(H2,20,21). The molecule has 0 aliphatic carbocycles. The zero-order chi connectivity index (χ0) is 17.8. The number of hydrogen-bond donors (Lipinski definition) is 1. The largest absolute Gasteiger partial charge is 0.497 e. The number of nitrogens with two attached hydrogens (primary N) is 1. The average molecular weight is 337 g/mol. The predicted molar refractivity (Wildman–Crippen MR) is 97.0 cm³/mol. The molecule has 1 aliphatic rings. The van der Waals surface area contributed by atoms with Crippen molar-refractivity contribution in [2.24, 2.45) is 16.8 Å². The summed E-state index contributed by atoms with van der Waals surface area (Å²) in [6.07, 6.45) is 3.48. The summed E-state index contributed by atoms with van der Waals surface area (Å²) in [6, 6.07) is 14.6. The van der Waals surface area contributed by atoms with Gasteiger partial charge in [0.1, 0.15) is 23.3 Å². The molecule has 0 amide bonds. The number of carbonyl (C=O) groups is 1. The third-order valence-electron chi connectivity index (χ3n) is 3.94. The number of nitrogens with zero attached hydrogens (tertiary/aromatic N) is 2. The molecule has 2 N–H and O–H groups in total. The fourth-order valence-corrected chi connectivity index (χ4v) is 2.60. The minimum Gasteiger partial charge on any atom is -0.497 e. The van der Waals surface area contributed by atoms with Crippen molar-refractivity contribution >= 4 is 17.3 Å². The monoisotopic (exact) mass is 337 g/mol. The van der Waals surface area contributed by atoms with Crippen LogP contribution in [0.1, 0.15) is 10.4 Å². The van der Waals surface area contributed by atoms with Crippen molar-refractivity contribution in [2.45, 2.75) is 0 Å². The molecule has 2 aromatic rings. The molecule has 0 saturated heterocycles. The number of benzene rings is 2. The van der Waals surface area contributed by atoms with Crippen molar-refractivity contribution in [3.63, 3.8) is 0 Å². The van der Waals surface area contributed by atoms with Gasteiger partial charge in [-0.05, 0) is 30.3 Å². The van der Waals surface area contributed by atoms with Crippen LogP contribution in [-0.2, 0) is 0 Å². The van der Waals surface area contributed by atoms with E-state index >= 15 is 0 Å². The smallest absolute Gasteiger partial charge is 0.181 e. The fraction of sp³-hybridized carbons (Fsp3) is 0.158. The van der Waals surface area contributed by atoms with Crippen molar-refractivity contribution in [3.8, 4) is 11.5 Å². The quantitative estimate of drug-likeness (QED) is 0.849. The van der Waals surface area contributed by atoms with Gasteiger partial charge < -0.3 is 15.2 Å². The van der Waals surface area contributed by atoms with Crippen LogP contribution in [0.15, 0.2) is 65.9 Å². The Balaban J connectivity index is 1.86. The zero-order valence-electron chi connectivity index (χ0n) is 14.0. The van der Waals surface area contributed by atoms with E-state index in [9.17, 15) is 4.79 Å². The Morgan fingerprint density at radius 2 is 1.88 bits per heavy atom. The van der Waals surface area contributed by atoms with Crippen LogP contribution >= 0.6 is 0 Å². The van der Waals surface area contributed by atoms with Gasteiger partial charge in [-0.3, -0.25) is 4.79 Å². The van der Waals surface area contributed by atoms with Gasteiger partial charge in [0.05, 0.1) is 25.5 Å². The average Bonchev–Trinajstić information content (AvgIpc) is 2.67. The first kappa shape index (κ1) is 16.6. The highest BCUT2D eigenvalue weighted by molar-refractivity contribution is 6.14. The third-order valence-corrected chi connectivity index (χ3v) is 3.94. The number of Topliss-reactive ketones (excluding diaryl/α,β-unsaturated/α-hetero) is 1. The molecule has 1 unspecified atom stereocenters. The van der Waals surface area contributed by atoms with E-state index < -0.39 is 5.92 Å². The number of carbonyl (C=O) groups excluding carboxylic acids is 1. The van der Waals surface area contributed by atoms with Crippen molar-refractivity contribution in [3.05, 3.63) is 66.4 Å². The van der Waals surface area contributed by atoms with E-state index in [2.05, 4.69) is 5.10 Å².